The van der Waals surface area contributed by atoms with E-state index < -0.39 is 11.9 Å². The Bertz CT molecular complexity index is 779. The summed E-state index contributed by atoms with van der Waals surface area (Å²) in [7, 11) is 0. The smallest absolute Gasteiger partial charge is 0.236 e. The van der Waals surface area contributed by atoms with E-state index in [9.17, 15) is 13.2 Å². The Morgan fingerprint density at radius 3 is 2.37 bits per heavy atom. The first-order valence-corrected chi connectivity index (χ1v) is 5.69. The van der Waals surface area contributed by atoms with Crippen LogP contribution >= 0.6 is 0 Å². The molecule has 0 radical (unpaired) electrons. The molecule has 0 saturated heterocycles. The third-order valence-corrected chi connectivity index (χ3v) is 2.96. The monoisotopic (exact) mass is 262 g/mol. The largest absolute Gasteiger partial charge is 0.434 e. The van der Waals surface area contributed by atoms with Gasteiger partial charge in [-0.2, -0.15) is 13.2 Å². The molecule has 0 fully saturated rings. The van der Waals surface area contributed by atoms with Crippen molar-refractivity contribution in [2.24, 2.45) is 0 Å². The lowest BCUT2D eigenvalue weighted by Crippen LogP contribution is -2.09. The SMILES string of the molecule is Cc1cnc2nc(C(F)(F)F)c3ccccc3c2c1. The van der Waals surface area contributed by atoms with Crippen LogP contribution in [0.3, 0.4) is 0 Å². The number of benzene rings is 1. The van der Waals surface area contributed by atoms with Gasteiger partial charge in [0.1, 0.15) is 0 Å². The minimum atomic E-state index is -4.49. The lowest BCUT2D eigenvalue weighted by Gasteiger charge is -2.11. The van der Waals surface area contributed by atoms with Crippen LogP contribution in [-0.2, 0) is 6.18 Å². The van der Waals surface area contributed by atoms with Gasteiger partial charge in [-0.05, 0) is 23.9 Å². The maximum absolute atomic E-state index is 13.0. The highest BCUT2D eigenvalue weighted by molar-refractivity contribution is 6.05. The number of aromatic nitrogens is 2. The van der Waals surface area contributed by atoms with Crippen LogP contribution in [0.2, 0.25) is 0 Å². The molecule has 3 aromatic rings. The number of rotatable bonds is 0. The molecule has 2 nitrogen and oxygen atoms in total. The lowest BCUT2D eigenvalue weighted by atomic mass is 10.0. The predicted octanol–water partition coefficient (Wildman–Crippen LogP) is 4.11. The molecule has 2 heterocycles. The van der Waals surface area contributed by atoms with Gasteiger partial charge in [0.25, 0.3) is 0 Å². The zero-order valence-electron chi connectivity index (χ0n) is 9.99. The number of pyridine rings is 2. The third-order valence-electron chi connectivity index (χ3n) is 2.96. The Morgan fingerprint density at radius 2 is 1.68 bits per heavy atom. The van der Waals surface area contributed by atoms with E-state index in [2.05, 4.69) is 9.97 Å². The topological polar surface area (TPSA) is 25.8 Å². The van der Waals surface area contributed by atoms with Crippen LogP contribution in [0.15, 0.2) is 36.5 Å². The summed E-state index contributed by atoms with van der Waals surface area (Å²) in [5.74, 6) is 0. The summed E-state index contributed by atoms with van der Waals surface area (Å²) < 4.78 is 39.1. The molecule has 0 amide bonds. The molecule has 0 bridgehead atoms. The van der Waals surface area contributed by atoms with Gasteiger partial charge in [0.05, 0.1) is 0 Å². The molecule has 5 heteroatoms. The van der Waals surface area contributed by atoms with Gasteiger partial charge in [-0.3, -0.25) is 0 Å². The molecule has 0 saturated carbocycles. The fourth-order valence-electron chi connectivity index (χ4n) is 2.16. The lowest BCUT2D eigenvalue weighted by molar-refractivity contribution is -0.139. The molecule has 0 aliphatic carbocycles. The second-order valence-corrected chi connectivity index (χ2v) is 4.39. The predicted molar refractivity (Wildman–Crippen MR) is 66.8 cm³/mol. The number of nitrogens with zero attached hydrogens (tertiary/aromatic N) is 2. The molecule has 96 valence electrons. The second-order valence-electron chi connectivity index (χ2n) is 4.39. The molecule has 0 unspecified atom stereocenters. The molecule has 0 atom stereocenters. The Hall–Kier alpha value is -2.17. The van der Waals surface area contributed by atoms with E-state index in [0.717, 1.165) is 5.56 Å². The highest BCUT2D eigenvalue weighted by Crippen LogP contribution is 2.35. The standard InChI is InChI=1S/C14H9F3N2/c1-8-6-11-9-4-2-3-5-10(9)12(14(15,16)17)19-13(11)18-7-8/h2-7H,1H3. The number of halogens is 3. The maximum Gasteiger partial charge on any atom is 0.434 e. The van der Waals surface area contributed by atoms with E-state index in [-0.39, 0.29) is 11.0 Å². The summed E-state index contributed by atoms with van der Waals surface area (Å²) in [6.07, 6.45) is -2.97. The Morgan fingerprint density at radius 1 is 1.00 bits per heavy atom. The first-order chi connectivity index (χ1) is 8.97. The van der Waals surface area contributed by atoms with E-state index in [0.29, 0.717) is 10.8 Å². The molecule has 3 rings (SSSR count). The van der Waals surface area contributed by atoms with E-state index in [1.807, 2.05) is 6.92 Å². The summed E-state index contributed by atoms with van der Waals surface area (Å²) in [5.41, 5.74) is 0.128. The van der Waals surface area contributed by atoms with Gasteiger partial charge in [0.2, 0.25) is 0 Å². The average molecular weight is 262 g/mol. The van der Waals surface area contributed by atoms with Crippen molar-refractivity contribution in [3.63, 3.8) is 0 Å². The average Bonchev–Trinajstić information content (AvgIpc) is 2.37. The van der Waals surface area contributed by atoms with Crippen molar-refractivity contribution in [1.82, 2.24) is 9.97 Å². The van der Waals surface area contributed by atoms with Crippen LogP contribution < -0.4 is 0 Å². The number of hydrogen-bond donors (Lipinski definition) is 0. The minimum absolute atomic E-state index is 0.106. The van der Waals surface area contributed by atoms with Gasteiger partial charge >= 0.3 is 6.18 Å². The van der Waals surface area contributed by atoms with E-state index in [4.69, 9.17) is 0 Å². The van der Waals surface area contributed by atoms with Gasteiger partial charge in [-0.25, -0.2) is 9.97 Å². The number of alkyl halides is 3. The second kappa shape index (κ2) is 3.91. The Kier molecular flexibility index (Phi) is 2.45. The maximum atomic E-state index is 13.0. The van der Waals surface area contributed by atoms with E-state index >= 15 is 0 Å². The number of fused-ring (bicyclic) bond motifs is 3. The normalized spacial score (nSPS) is 12.2. The highest BCUT2D eigenvalue weighted by atomic mass is 19.4. The quantitative estimate of drug-likeness (QED) is 0.570. The van der Waals surface area contributed by atoms with E-state index in [1.54, 1.807) is 24.3 Å². The van der Waals surface area contributed by atoms with Gasteiger partial charge in [-0.1, -0.05) is 24.3 Å². The van der Waals surface area contributed by atoms with Crippen molar-refractivity contribution < 1.29 is 13.2 Å². The van der Waals surface area contributed by atoms with Crippen LogP contribution in [0.1, 0.15) is 11.3 Å². The van der Waals surface area contributed by atoms with Crippen LogP contribution in [0, 0.1) is 6.92 Å². The van der Waals surface area contributed by atoms with Crippen LogP contribution in [0.5, 0.6) is 0 Å². The van der Waals surface area contributed by atoms with E-state index in [1.165, 1.54) is 12.3 Å². The van der Waals surface area contributed by atoms with Crippen LogP contribution in [0.4, 0.5) is 13.2 Å². The van der Waals surface area contributed by atoms with Gasteiger partial charge in [0, 0.05) is 17.0 Å². The van der Waals surface area contributed by atoms with Crippen LogP contribution in [-0.4, -0.2) is 9.97 Å². The van der Waals surface area contributed by atoms with Crippen LogP contribution in [0.25, 0.3) is 21.8 Å². The number of aryl methyl sites for hydroxylation is 1. The molecular formula is C14H9F3N2. The molecule has 19 heavy (non-hydrogen) atoms. The van der Waals surface area contributed by atoms with Crippen molar-refractivity contribution in [1.29, 1.82) is 0 Å². The molecule has 0 aliphatic rings. The summed E-state index contributed by atoms with van der Waals surface area (Å²) in [4.78, 5) is 7.67. The summed E-state index contributed by atoms with van der Waals surface area (Å²) in [6, 6.07) is 8.19. The van der Waals surface area contributed by atoms with Crippen molar-refractivity contribution >= 4 is 21.8 Å². The Labute approximate surface area is 106 Å². The summed E-state index contributed by atoms with van der Waals surface area (Å²) >= 11 is 0. The molecule has 2 aromatic heterocycles. The minimum Gasteiger partial charge on any atom is -0.236 e. The van der Waals surface area contributed by atoms with Crippen molar-refractivity contribution in [2.75, 3.05) is 0 Å². The van der Waals surface area contributed by atoms with Crippen molar-refractivity contribution in [2.45, 2.75) is 13.1 Å². The number of hydrogen-bond acceptors (Lipinski definition) is 2. The molecule has 1 aromatic carbocycles. The Balaban J connectivity index is 2.54. The summed E-state index contributed by atoms with van der Waals surface area (Å²) in [6.45, 7) is 1.85. The fourth-order valence-corrected chi connectivity index (χ4v) is 2.16. The molecule has 0 aliphatic heterocycles. The van der Waals surface area contributed by atoms with Gasteiger partial charge < -0.3 is 0 Å². The molecule has 0 N–H and O–H groups in total. The summed E-state index contributed by atoms with van der Waals surface area (Å²) in [5, 5.41) is 1.27. The molecular weight excluding hydrogens is 253 g/mol. The molecule has 0 spiro atoms. The van der Waals surface area contributed by atoms with Crippen molar-refractivity contribution in [3.05, 3.63) is 47.8 Å². The highest BCUT2D eigenvalue weighted by Gasteiger charge is 2.35. The zero-order chi connectivity index (χ0) is 13.6. The van der Waals surface area contributed by atoms with Crippen molar-refractivity contribution in [3.8, 4) is 0 Å². The third kappa shape index (κ3) is 1.91. The fraction of sp³-hybridized carbons (Fsp3) is 0.143. The zero-order valence-corrected chi connectivity index (χ0v) is 9.99. The first-order valence-electron chi connectivity index (χ1n) is 5.69. The van der Waals surface area contributed by atoms with Gasteiger partial charge in [0.15, 0.2) is 11.3 Å². The van der Waals surface area contributed by atoms with Gasteiger partial charge in [-0.15, -0.1) is 0 Å². The first kappa shape index (κ1) is 11.9.